The molecule has 11 heteroatoms. The van der Waals surface area contributed by atoms with Crippen molar-refractivity contribution in [3.05, 3.63) is 55.1 Å². The quantitative estimate of drug-likeness (QED) is 0.423. The van der Waals surface area contributed by atoms with Crippen molar-refractivity contribution < 1.29 is 9.13 Å². The van der Waals surface area contributed by atoms with Gasteiger partial charge in [0.15, 0.2) is 11.6 Å². The van der Waals surface area contributed by atoms with Gasteiger partial charge in [0.05, 0.1) is 28.8 Å². The maximum absolute atomic E-state index is 14.5. The monoisotopic (exact) mass is 389 g/mol. The fourth-order valence-corrected chi connectivity index (χ4v) is 2.87. The van der Waals surface area contributed by atoms with E-state index in [1.807, 2.05) is 0 Å². The third-order valence-electron chi connectivity index (χ3n) is 4.16. The van der Waals surface area contributed by atoms with E-state index in [4.69, 9.17) is 10.5 Å². The first-order valence-corrected chi connectivity index (χ1v) is 8.43. The standard InChI is InChI=1S/C18H12FN9O/c19-10-1-2-11-9(6-25-28-11)16(10)29-18-15-12(23-8-24-17(15)20)5-13(27-18)26-14-7-21-3-4-22-14/h1-8H,(H,25,28)(H2,20,23,24)(H,22,26,27). The van der Waals surface area contributed by atoms with Crippen LogP contribution in [0.5, 0.6) is 11.6 Å². The summed E-state index contributed by atoms with van der Waals surface area (Å²) in [6.07, 6.45) is 7.42. The van der Waals surface area contributed by atoms with Crippen LogP contribution >= 0.6 is 0 Å². The Morgan fingerprint density at radius 2 is 2.00 bits per heavy atom. The Bertz CT molecular complexity index is 1340. The van der Waals surface area contributed by atoms with Crippen LogP contribution in [0.15, 0.2) is 49.3 Å². The first-order chi connectivity index (χ1) is 14.2. The Labute approximate surface area is 162 Å². The topological polar surface area (TPSA) is 140 Å². The van der Waals surface area contributed by atoms with E-state index in [0.717, 1.165) is 0 Å². The SMILES string of the molecule is Nc1ncnc2cc(Nc3cnccn3)nc(Oc3c(F)ccc4[nH]ncc34)c12. The molecule has 0 aliphatic heterocycles. The zero-order valence-corrected chi connectivity index (χ0v) is 14.7. The number of H-pyrrole nitrogens is 1. The van der Waals surface area contributed by atoms with E-state index in [2.05, 4.69) is 40.4 Å². The first kappa shape index (κ1) is 16.7. The third-order valence-corrected chi connectivity index (χ3v) is 4.16. The molecule has 0 radical (unpaired) electrons. The average molecular weight is 389 g/mol. The van der Waals surface area contributed by atoms with Crippen molar-refractivity contribution >= 4 is 39.3 Å². The maximum atomic E-state index is 14.5. The number of aromatic nitrogens is 7. The van der Waals surface area contributed by atoms with Gasteiger partial charge < -0.3 is 15.8 Å². The van der Waals surface area contributed by atoms with Crippen molar-refractivity contribution in [1.29, 1.82) is 0 Å². The Hall–Kier alpha value is -4.41. The van der Waals surface area contributed by atoms with E-state index in [0.29, 0.717) is 33.4 Å². The van der Waals surface area contributed by atoms with Gasteiger partial charge >= 0.3 is 0 Å². The fourth-order valence-electron chi connectivity index (χ4n) is 2.87. The molecule has 0 aliphatic rings. The van der Waals surface area contributed by atoms with Crippen LogP contribution in [0.3, 0.4) is 0 Å². The molecular weight excluding hydrogens is 377 g/mol. The van der Waals surface area contributed by atoms with E-state index in [1.54, 1.807) is 18.3 Å². The van der Waals surface area contributed by atoms with Gasteiger partial charge in [-0.3, -0.25) is 10.1 Å². The maximum Gasteiger partial charge on any atom is 0.234 e. The molecule has 0 aliphatic carbocycles. The van der Waals surface area contributed by atoms with Crippen LogP contribution in [0.4, 0.5) is 21.8 Å². The molecule has 29 heavy (non-hydrogen) atoms. The zero-order valence-electron chi connectivity index (χ0n) is 14.7. The highest BCUT2D eigenvalue weighted by Gasteiger charge is 2.18. The summed E-state index contributed by atoms with van der Waals surface area (Å²) in [5, 5.41) is 10.5. The number of nitrogen functional groups attached to an aromatic ring is 1. The number of hydrogen-bond donors (Lipinski definition) is 3. The molecule has 0 atom stereocenters. The van der Waals surface area contributed by atoms with Crippen molar-refractivity contribution in [2.24, 2.45) is 0 Å². The highest BCUT2D eigenvalue weighted by atomic mass is 19.1. The van der Waals surface area contributed by atoms with E-state index < -0.39 is 5.82 Å². The molecule has 0 saturated heterocycles. The lowest BCUT2D eigenvalue weighted by Crippen LogP contribution is -2.02. The van der Waals surface area contributed by atoms with Crippen LogP contribution in [0, 0.1) is 5.82 Å². The molecule has 0 bridgehead atoms. The summed E-state index contributed by atoms with van der Waals surface area (Å²) in [6, 6.07) is 4.50. The highest BCUT2D eigenvalue weighted by molar-refractivity contribution is 5.95. The minimum atomic E-state index is -0.573. The molecule has 1 aromatic carbocycles. The fraction of sp³-hybridized carbons (Fsp3) is 0. The number of nitrogens with one attached hydrogen (secondary N) is 2. The van der Waals surface area contributed by atoms with Crippen LogP contribution in [0.1, 0.15) is 0 Å². The Kier molecular flexibility index (Phi) is 3.83. The van der Waals surface area contributed by atoms with E-state index in [-0.39, 0.29) is 17.4 Å². The van der Waals surface area contributed by atoms with Gasteiger partial charge in [0.25, 0.3) is 0 Å². The predicted molar refractivity (Wildman–Crippen MR) is 103 cm³/mol. The highest BCUT2D eigenvalue weighted by Crippen LogP contribution is 2.36. The summed E-state index contributed by atoms with van der Waals surface area (Å²) in [5.74, 6) is 0.422. The lowest BCUT2D eigenvalue weighted by molar-refractivity contribution is 0.438. The number of hydrogen-bond acceptors (Lipinski definition) is 9. The number of aromatic amines is 1. The van der Waals surface area contributed by atoms with Crippen molar-refractivity contribution in [2.45, 2.75) is 0 Å². The number of halogens is 1. The number of rotatable bonds is 4. The zero-order chi connectivity index (χ0) is 19.8. The van der Waals surface area contributed by atoms with Crippen molar-refractivity contribution in [1.82, 2.24) is 35.1 Å². The lowest BCUT2D eigenvalue weighted by Gasteiger charge is -2.13. The van der Waals surface area contributed by atoms with Crippen molar-refractivity contribution in [2.75, 3.05) is 11.1 Å². The molecule has 5 rings (SSSR count). The van der Waals surface area contributed by atoms with Crippen LogP contribution in [0.25, 0.3) is 21.8 Å². The van der Waals surface area contributed by atoms with E-state index >= 15 is 0 Å². The van der Waals surface area contributed by atoms with E-state index in [9.17, 15) is 4.39 Å². The largest absolute Gasteiger partial charge is 0.434 e. The van der Waals surface area contributed by atoms with Crippen LogP contribution in [0.2, 0.25) is 0 Å². The summed E-state index contributed by atoms with van der Waals surface area (Å²) in [4.78, 5) is 20.8. The molecule has 0 saturated carbocycles. The minimum Gasteiger partial charge on any atom is -0.434 e. The van der Waals surface area contributed by atoms with Gasteiger partial charge in [-0.15, -0.1) is 0 Å². The summed E-state index contributed by atoms with van der Waals surface area (Å²) in [5.41, 5.74) is 7.10. The number of benzene rings is 1. The summed E-state index contributed by atoms with van der Waals surface area (Å²) in [6.45, 7) is 0. The second-order valence-corrected chi connectivity index (χ2v) is 5.99. The minimum absolute atomic E-state index is 0.0371. The number of nitrogens with zero attached hydrogens (tertiary/aromatic N) is 6. The van der Waals surface area contributed by atoms with Crippen LogP contribution in [-0.4, -0.2) is 35.1 Å². The predicted octanol–water partition coefficient (Wildman–Crippen LogP) is 2.95. The van der Waals surface area contributed by atoms with E-state index in [1.165, 1.54) is 31.0 Å². The van der Waals surface area contributed by atoms with Gasteiger partial charge in [0.1, 0.15) is 29.2 Å². The van der Waals surface area contributed by atoms with Crippen LogP contribution < -0.4 is 15.8 Å². The summed E-state index contributed by atoms with van der Waals surface area (Å²) >= 11 is 0. The van der Waals surface area contributed by atoms with Gasteiger partial charge in [0.2, 0.25) is 5.88 Å². The molecule has 0 fully saturated rings. The normalized spacial score (nSPS) is 11.1. The molecule has 0 spiro atoms. The Morgan fingerprint density at radius 1 is 1.07 bits per heavy atom. The van der Waals surface area contributed by atoms with Gasteiger partial charge in [-0.1, -0.05) is 0 Å². The molecule has 142 valence electrons. The number of pyridine rings is 1. The molecule has 4 N–H and O–H groups in total. The van der Waals surface area contributed by atoms with Crippen molar-refractivity contribution in [3.63, 3.8) is 0 Å². The molecule has 4 aromatic heterocycles. The number of anilines is 3. The Balaban J connectivity index is 1.67. The summed E-state index contributed by atoms with van der Waals surface area (Å²) < 4.78 is 20.4. The number of nitrogens with two attached hydrogens (primary N) is 1. The smallest absolute Gasteiger partial charge is 0.234 e. The number of fused-ring (bicyclic) bond motifs is 2. The second-order valence-electron chi connectivity index (χ2n) is 5.99. The second kappa shape index (κ2) is 6.64. The summed E-state index contributed by atoms with van der Waals surface area (Å²) in [7, 11) is 0. The molecule has 5 aromatic rings. The average Bonchev–Trinajstić information content (AvgIpc) is 3.20. The number of ether oxygens (including phenoxy) is 1. The third kappa shape index (κ3) is 3.00. The molecular formula is C18H12FN9O. The van der Waals surface area contributed by atoms with Gasteiger partial charge in [-0.25, -0.2) is 19.3 Å². The molecule has 0 unspecified atom stereocenters. The van der Waals surface area contributed by atoms with Crippen molar-refractivity contribution in [3.8, 4) is 11.6 Å². The lowest BCUT2D eigenvalue weighted by atomic mass is 10.2. The van der Waals surface area contributed by atoms with Gasteiger partial charge in [-0.05, 0) is 12.1 Å². The molecule has 10 nitrogen and oxygen atoms in total. The van der Waals surface area contributed by atoms with Crippen LogP contribution in [-0.2, 0) is 0 Å². The molecule has 0 amide bonds. The van der Waals surface area contributed by atoms with Gasteiger partial charge in [0, 0.05) is 18.5 Å². The molecule has 4 heterocycles. The van der Waals surface area contributed by atoms with Gasteiger partial charge in [-0.2, -0.15) is 10.1 Å². The Morgan fingerprint density at radius 3 is 2.86 bits per heavy atom. The first-order valence-electron chi connectivity index (χ1n) is 8.43.